The Labute approximate surface area is 134 Å². The molecule has 0 aliphatic rings. The molecular weight excluding hydrogens is 304 g/mol. The third kappa shape index (κ3) is 3.75. The molecule has 0 aromatic carbocycles. The Morgan fingerprint density at radius 2 is 2.14 bits per heavy atom. The van der Waals surface area contributed by atoms with E-state index in [0.717, 1.165) is 6.42 Å². The summed E-state index contributed by atoms with van der Waals surface area (Å²) in [5.41, 5.74) is 0.863. The molecule has 0 saturated heterocycles. The van der Waals surface area contributed by atoms with Crippen molar-refractivity contribution < 1.29 is 9.53 Å². The number of carbonyl (C=O) groups excluding carboxylic acids is 1. The largest absolute Gasteiger partial charge is 0.378 e. The molecule has 0 radical (unpaired) electrons. The standard InChI is InChI=1S/C15H21ClN4O2/c1-5-8-20-13-10(6-7-11(16)18-13)17-14(20)19-12(21)9-15(2,3)22-4/h6-7H,5,8-9H2,1-4H3,(H,17,19,21). The third-order valence-electron chi connectivity index (χ3n) is 3.40. The van der Waals surface area contributed by atoms with E-state index in [0.29, 0.717) is 28.8 Å². The number of hydrogen-bond donors (Lipinski definition) is 1. The predicted molar refractivity (Wildman–Crippen MR) is 87.2 cm³/mol. The van der Waals surface area contributed by atoms with Crippen LogP contribution in [0.1, 0.15) is 33.6 Å². The van der Waals surface area contributed by atoms with Crippen LogP contribution in [0.25, 0.3) is 11.2 Å². The van der Waals surface area contributed by atoms with Crippen LogP contribution in [0.2, 0.25) is 5.15 Å². The van der Waals surface area contributed by atoms with Gasteiger partial charge in [0.15, 0.2) is 5.65 Å². The lowest BCUT2D eigenvalue weighted by molar-refractivity contribution is -0.121. The molecule has 2 aromatic heterocycles. The number of fused-ring (bicyclic) bond motifs is 1. The van der Waals surface area contributed by atoms with Crippen LogP contribution >= 0.6 is 11.6 Å². The highest BCUT2D eigenvalue weighted by Crippen LogP contribution is 2.22. The molecule has 0 bridgehead atoms. The van der Waals surface area contributed by atoms with Crippen molar-refractivity contribution in [2.75, 3.05) is 12.4 Å². The number of ether oxygens (including phenoxy) is 1. The van der Waals surface area contributed by atoms with Gasteiger partial charge in [-0.05, 0) is 32.4 Å². The maximum absolute atomic E-state index is 12.2. The fourth-order valence-electron chi connectivity index (χ4n) is 2.14. The van der Waals surface area contributed by atoms with E-state index in [4.69, 9.17) is 16.3 Å². The van der Waals surface area contributed by atoms with Crippen molar-refractivity contribution in [3.8, 4) is 0 Å². The van der Waals surface area contributed by atoms with Crippen LogP contribution in [-0.2, 0) is 16.1 Å². The van der Waals surface area contributed by atoms with Crippen LogP contribution in [0.5, 0.6) is 0 Å². The molecule has 1 amide bonds. The van der Waals surface area contributed by atoms with Gasteiger partial charge in [-0.3, -0.25) is 14.7 Å². The summed E-state index contributed by atoms with van der Waals surface area (Å²) in [7, 11) is 1.59. The van der Waals surface area contributed by atoms with Crippen molar-refractivity contribution in [2.24, 2.45) is 0 Å². The molecule has 1 N–H and O–H groups in total. The number of carbonyl (C=O) groups is 1. The fourth-order valence-corrected chi connectivity index (χ4v) is 2.28. The molecule has 22 heavy (non-hydrogen) atoms. The number of nitrogens with one attached hydrogen (secondary N) is 1. The molecular formula is C15H21ClN4O2. The van der Waals surface area contributed by atoms with E-state index < -0.39 is 5.60 Å². The van der Waals surface area contributed by atoms with E-state index in [9.17, 15) is 4.79 Å². The summed E-state index contributed by atoms with van der Waals surface area (Å²) in [4.78, 5) is 20.9. The van der Waals surface area contributed by atoms with Crippen molar-refractivity contribution in [1.82, 2.24) is 14.5 Å². The average Bonchev–Trinajstić information content (AvgIpc) is 2.76. The first kappa shape index (κ1) is 16.7. The van der Waals surface area contributed by atoms with E-state index >= 15 is 0 Å². The number of halogens is 1. The van der Waals surface area contributed by atoms with Crippen LogP contribution in [0.3, 0.4) is 0 Å². The number of amides is 1. The molecule has 6 nitrogen and oxygen atoms in total. The zero-order valence-electron chi connectivity index (χ0n) is 13.3. The Bertz CT molecular complexity index is 681. The van der Waals surface area contributed by atoms with E-state index in [-0.39, 0.29) is 12.3 Å². The summed E-state index contributed by atoms with van der Waals surface area (Å²) < 4.78 is 7.15. The van der Waals surface area contributed by atoms with Gasteiger partial charge in [0.1, 0.15) is 10.7 Å². The number of rotatable bonds is 6. The average molecular weight is 325 g/mol. The van der Waals surface area contributed by atoms with Crippen LogP contribution in [-0.4, -0.2) is 33.2 Å². The summed E-state index contributed by atoms with van der Waals surface area (Å²) in [5.74, 6) is 0.342. The summed E-state index contributed by atoms with van der Waals surface area (Å²) in [6.45, 7) is 6.48. The second kappa shape index (κ2) is 6.62. The van der Waals surface area contributed by atoms with Gasteiger partial charge in [-0.15, -0.1) is 0 Å². The first-order valence-corrected chi connectivity index (χ1v) is 7.62. The third-order valence-corrected chi connectivity index (χ3v) is 3.61. The molecule has 0 fully saturated rings. The quantitative estimate of drug-likeness (QED) is 0.828. The van der Waals surface area contributed by atoms with Crippen LogP contribution < -0.4 is 5.32 Å². The SMILES string of the molecule is CCCn1c(NC(=O)CC(C)(C)OC)nc2ccc(Cl)nc21. The fraction of sp³-hybridized carbons (Fsp3) is 0.533. The van der Waals surface area contributed by atoms with E-state index in [1.54, 1.807) is 19.2 Å². The molecule has 0 spiro atoms. The Kier molecular flexibility index (Phi) is 5.03. The second-order valence-electron chi connectivity index (χ2n) is 5.75. The lowest BCUT2D eigenvalue weighted by Gasteiger charge is -2.21. The smallest absolute Gasteiger partial charge is 0.229 e. The van der Waals surface area contributed by atoms with E-state index in [2.05, 4.69) is 22.2 Å². The zero-order valence-corrected chi connectivity index (χ0v) is 14.1. The predicted octanol–water partition coefficient (Wildman–Crippen LogP) is 3.25. The Morgan fingerprint density at radius 1 is 1.41 bits per heavy atom. The molecule has 0 unspecified atom stereocenters. The minimum Gasteiger partial charge on any atom is -0.378 e. The zero-order chi connectivity index (χ0) is 16.3. The van der Waals surface area contributed by atoms with Crippen molar-refractivity contribution in [1.29, 1.82) is 0 Å². The van der Waals surface area contributed by atoms with Gasteiger partial charge in [0.2, 0.25) is 11.9 Å². The lowest BCUT2D eigenvalue weighted by Crippen LogP contribution is -2.30. The monoisotopic (exact) mass is 324 g/mol. The van der Waals surface area contributed by atoms with Gasteiger partial charge in [0.25, 0.3) is 0 Å². The summed E-state index contributed by atoms with van der Waals surface area (Å²) in [5, 5.41) is 3.25. The van der Waals surface area contributed by atoms with Crippen molar-refractivity contribution in [3.63, 3.8) is 0 Å². The van der Waals surface area contributed by atoms with E-state index in [1.165, 1.54) is 0 Å². The molecule has 0 atom stereocenters. The molecule has 2 rings (SSSR count). The Balaban J connectivity index is 2.30. The number of methoxy groups -OCH3 is 1. The number of hydrogen-bond acceptors (Lipinski definition) is 4. The topological polar surface area (TPSA) is 69.0 Å². The molecule has 2 aromatic rings. The lowest BCUT2D eigenvalue weighted by atomic mass is 10.1. The molecule has 0 aliphatic carbocycles. The molecule has 0 aliphatic heterocycles. The number of aromatic nitrogens is 3. The van der Waals surface area contributed by atoms with Gasteiger partial charge in [0.05, 0.1) is 12.0 Å². The maximum atomic E-state index is 12.2. The molecule has 120 valence electrons. The highest BCUT2D eigenvalue weighted by molar-refractivity contribution is 6.29. The Morgan fingerprint density at radius 3 is 2.77 bits per heavy atom. The van der Waals surface area contributed by atoms with Gasteiger partial charge in [-0.2, -0.15) is 0 Å². The van der Waals surface area contributed by atoms with Crippen LogP contribution in [0, 0.1) is 0 Å². The summed E-state index contributed by atoms with van der Waals surface area (Å²) in [6.07, 6.45) is 1.14. The number of nitrogens with zero attached hydrogens (tertiary/aromatic N) is 3. The normalized spacial score (nSPS) is 11.9. The number of aryl methyl sites for hydroxylation is 1. The maximum Gasteiger partial charge on any atom is 0.229 e. The van der Waals surface area contributed by atoms with Crippen LogP contribution in [0.15, 0.2) is 12.1 Å². The highest BCUT2D eigenvalue weighted by Gasteiger charge is 2.22. The first-order valence-electron chi connectivity index (χ1n) is 7.24. The van der Waals surface area contributed by atoms with Crippen molar-refractivity contribution in [2.45, 2.75) is 45.8 Å². The van der Waals surface area contributed by atoms with Crippen LogP contribution in [0.4, 0.5) is 5.95 Å². The van der Waals surface area contributed by atoms with Crippen molar-refractivity contribution in [3.05, 3.63) is 17.3 Å². The Hall–Kier alpha value is -1.66. The van der Waals surface area contributed by atoms with E-state index in [1.807, 2.05) is 18.4 Å². The minimum absolute atomic E-state index is 0.148. The number of pyridine rings is 1. The molecule has 2 heterocycles. The highest BCUT2D eigenvalue weighted by atomic mass is 35.5. The minimum atomic E-state index is -0.521. The number of anilines is 1. The van der Waals surface area contributed by atoms with Gasteiger partial charge in [-0.1, -0.05) is 18.5 Å². The molecule has 7 heteroatoms. The van der Waals surface area contributed by atoms with Gasteiger partial charge >= 0.3 is 0 Å². The summed E-state index contributed by atoms with van der Waals surface area (Å²) in [6, 6.07) is 3.48. The first-order chi connectivity index (χ1) is 10.4. The van der Waals surface area contributed by atoms with Gasteiger partial charge in [0, 0.05) is 13.7 Å². The molecule has 0 saturated carbocycles. The summed E-state index contributed by atoms with van der Waals surface area (Å²) >= 11 is 5.96. The van der Waals surface area contributed by atoms with Gasteiger partial charge in [-0.25, -0.2) is 9.97 Å². The number of imidazole rings is 1. The van der Waals surface area contributed by atoms with Crippen molar-refractivity contribution >= 4 is 34.6 Å². The van der Waals surface area contributed by atoms with Gasteiger partial charge < -0.3 is 4.74 Å². The second-order valence-corrected chi connectivity index (χ2v) is 6.14.